The van der Waals surface area contributed by atoms with E-state index in [1.807, 2.05) is 0 Å². The number of rotatable bonds is 7. The molecule has 2 heteroatoms. The maximum atomic E-state index is 2.68. The van der Waals surface area contributed by atoms with E-state index in [-0.39, 0.29) is 5.41 Å². The largest absolute Gasteiger partial charge is 0.310 e. The fourth-order valence-corrected chi connectivity index (χ4v) is 15.7. The number of anilines is 6. The van der Waals surface area contributed by atoms with Crippen molar-refractivity contribution >= 4 is 34.1 Å². The van der Waals surface area contributed by atoms with E-state index < -0.39 is 5.41 Å². The Labute approximate surface area is 412 Å². The Morgan fingerprint density at radius 3 is 1.27 bits per heavy atom. The van der Waals surface area contributed by atoms with Crippen LogP contribution in [0.25, 0.3) is 33.4 Å². The van der Waals surface area contributed by atoms with Gasteiger partial charge in [-0.25, -0.2) is 0 Å². The molecule has 2 nitrogen and oxygen atoms in total. The van der Waals surface area contributed by atoms with Crippen molar-refractivity contribution in [3.8, 4) is 33.4 Å². The average molecular weight is 901 g/mol. The molecule has 70 heavy (non-hydrogen) atoms. The van der Waals surface area contributed by atoms with Gasteiger partial charge in [-0.2, -0.15) is 0 Å². The third-order valence-electron chi connectivity index (χ3n) is 18.2. The summed E-state index contributed by atoms with van der Waals surface area (Å²) in [5, 5.41) is 0. The minimum Gasteiger partial charge on any atom is -0.310 e. The van der Waals surface area contributed by atoms with Crippen molar-refractivity contribution < 1.29 is 0 Å². The molecule has 0 amide bonds. The first kappa shape index (κ1) is 40.5. The van der Waals surface area contributed by atoms with Gasteiger partial charge in [0.15, 0.2) is 0 Å². The highest BCUT2D eigenvalue weighted by molar-refractivity contribution is 5.98. The molecular weight excluding hydrogens is 845 g/mol. The summed E-state index contributed by atoms with van der Waals surface area (Å²) in [4.78, 5) is 5.10. The predicted octanol–water partition coefficient (Wildman–Crippen LogP) is 17.8. The average Bonchev–Trinajstić information content (AvgIpc) is 3.96. The second kappa shape index (κ2) is 15.0. The lowest BCUT2D eigenvalue weighted by molar-refractivity contribution is -0.00259. The molecule has 0 N–H and O–H groups in total. The monoisotopic (exact) mass is 900 g/mol. The number of benzene rings is 9. The number of nitrogens with zero attached hydrogens (tertiary/aromatic N) is 2. The normalized spacial score (nSPS) is 23.0. The minimum absolute atomic E-state index is 0.124. The van der Waals surface area contributed by atoms with Crippen LogP contribution < -0.4 is 9.80 Å². The Morgan fingerprint density at radius 1 is 0.329 bits per heavy atom. The molecule has 0 saturated heterocycles. The summed E-state index contributed by atoms with van der Waals surface area (Å²) >= 11 is 0. The second-order valence-corrected chi connectivity index (χ2v) is 22.1. The molecule has 4 fully saturated rings. The smallest absolute Gasteiger partial charge is 0.0727 e. The van der Waals surface area contributed by atoms with Gasteiger partial charge in [0, 0.05) is 39.5 Å². The summed E-state index contributed by atoms with van der Waals surface area (Å²) in [7, 11) is 0. The highest BCUT2D eigenvalue weighted by atomic mass is 15.2. The standard InChI is InChI=1S/C68H56N2/c1-67(2)59-25-13-9-21-52(59)55-32-30-50(40-62(55)67)70(65-28-16-12-24-58(65)66-45-36-43-35-44(38-45)39-46(66)37-43)51-31-34-57-54-23-11-15-27-61(54)68(64(57)42-51)60-26-14-10-22-53(60)56-33-29-49(41-63(56)68)69(47-17-5-3-6-18-47)48-19-7-4-8-20-48/h3-34,40-46,66H,35-39H2,1-2H3. The van der Waals surface area contributed by atoms with E-state index in [2.05, 4.69) is 236 Å². The van der Waals surface area contributed by atoms with Gasteiger partial charge in [-0.1, -0.05) is 159 Å². The summed E-state index contributed by atoms with van der Waals surface area (Å²) in [6.45, 7) is 4.84. The van der Waals surface area contributed by atoms with Gasteiger partial charge < -0.3 is 9.80 Å². The van der Waals surface area contributed by atoms with Crippen molar-refractivity contribution in [1.82, 2.24) is 0 Å². The van der Waals surface area contributed by atoms with Gasteiger partial charge in [-0.05, 0) is 201 Å². The van der Waals surface area contributed by atoms with Crippen molar-refractivity contribution in [1.29, 1.82) is 0 Å². The number of fused-ring (bicyclic) bond motifs is 13. The van der Waals surface area contributed by atoms with E-state index in [0.29, 0.717) is 5.92 Å². The third kappa shape index (κ3) is 5.62. The van der Waals surface area contributed by atoms with Crippen LogP contribution in [0.2, 0.25) is 0 Å². The summed E-state index contributed by atoms with van der Waals surface area (Å²) in [5.41, 5.74) is 24.3. The highest BCUT2D eigenvalue weighted by Gasteiger charge is 2.53. The topological polar surface area (TPSA) is 6.48 Å². The number of hydrogen-bond acceptors (Lipinski definition) is 2. The lowest BCUT2D eigenvalue weighted by Crippen LogP contribution is -2.44. The van der Waals surface area contributed by atoms with E-state index >= 15 is 0 Å². The van der Waals surface area contributed by atoms with Crippen LogP contribution in [0.5, 0.6) is 0 Å². The molecule has 0 aliphatic heterocycles. The molecule has 0 radical (unpaired) electrons. The lowest BCUT2D eigenvalue weighted by atomic mass is 9.50. The third-order valence-corrected chi connectivity index (χ3v) is 18.2. The van der Waals surface area contributed by atoms with Crippen LogP contribution in [-0.4, -0.2) is 0 Å². The molecule has 1 unspecified atom stereocenters. The van der Waals surface area contributed by atoms with Crippen molar-refractivity contribution in [3.63, 3.8) is 0 Å². The fraction of sp³-hybridized carbons (Fsp3) is 0.206. The van der Waals surface area contributed by atoms with E-state index in [1.165, 1.54) is 116 Å². The first-order valence-corrected chi connectivity index (χ1v) is 26.0. The molecule has 9 aromatic carbocycles. The molecule has 1 atom stereocenters. The maximum absolute atomic E-state index is 2.68. The Hall–Kier alpha value is -7.42. The number of para-hydroxylation sites is 3. The minimum atomic E-state index is -0.545. The Bertz CT molecular complexity index is 3490. The van der Waals surface area contributed by atoms with Gasteiger partial charge in [0.1, 0.15) is 0 Å². The van der Waals surface area contributed by atoms with Gasteiger partial charge >= 0.3 is 0 Å². The lowest BCUT2D eigenvalue weighted by Gasteiger charge is -2.55. The van der Waals surface area contributed by atoms with Gasteiger partial charge in [0.25, 0.3) is 0 Å². The number of hydrogen-bond donors (Lipinski definition) is 0. The van der Waals surface area contributed by atoms with Crippen molar-refractivity contribution in [2.75, 3.05) is 9.80 Å². The SMILES string of the molecule is CC1(C)c2ccccc2-c2ccc(N(c3ccc4c(c3)C3(c5ccccc5-c5ccc(N(c6ccccc6)c6ccccc6)cc53)c3ccccc3-4)c3ccccc3C3C4CC5CC(C4)CC3C5)cc21. The first-order chi connectivity index (χ1) is 34.4. The quantitative estimate of drug-likeness (QED) is 0.157. The zero-order chi connectivity index (χ0) is 46.3. The van der Waals surface area contributed by atoms with Crippen LogP contribution in [0.1, 0.15) is 90.8 Å². The van der Waals surface area contributed by atoms with E-state index in [9.17, 15) is 0 Å². The predicted molar refractivity (Wildman–Crippen MR) is 289 cm³/mol. The van der Waals surface area contributed by atoms with Crippen LogP contribution in [0.4, 0.5) is 34.1 Å². The van der Waals surface area contributed by atoms with Crippen molar-refractivity contribution in [3.05, 3.63) is 251 Å². The molecule has 7 aliphatic rings. The van der Waals surface area contributed by atoms with E-state index in [1.54, 1.807) is 5.56 Å². The summed E-state index contributed by atoms with van der Waals surface area (Å²) < 4.78 is 0. The first-order valence-electron chi connectivity index (χ1n) is 26.0. The second-order valence-electron chi connectivity index (χ2n) is 22.1. The van der Waals surface area contributed by atoms with Gasteiger partial charge in [-0.3, -0.25) is 0 Å². The molecule has 338 valence electrons. The molecule has 0 aromatic heterocycles. The molecule has 4 bridgehead atoms. The zero-order valence-corrected chi connectivity index (χ0v) is 40.0. The molecule has 0 heterocycles. The van der Waals surface area contributed by atoms with Gasteiger partial charge in [-0.15, -0.1) is 0 Å². The van der Waals surface area contributed by atoms with Crippen LogP contribution in [0.15, 0.2) is 212 Å². The van der Waals surface area contributed by atoms with Crippen LogP contribution in [0.3, 0.4) is 0 Å². The van der Waals surface area contributed by atoms with Crippen LogP contribution >= 0.6 is 0 Å². The Kier molecular flexibility index (Phi) is 8.69. The summed E-state index contributed by atoms with van der Waals surface area (Å²) in [6, 6.07) is 81.1. The van der Waals surface area contributed by atoms with E-state index in [0.717, 1.165) is 40.7 Å². The molecule has 4 saturated carbocycles. The Morgan fingerprint density at radius 2 is 0.729 bits per heavy atom. The summed E-state index contributed by atoms with van der Waals surface area (Å²) in [5.74, 6) is 3.94. The highest BCUT2D eigenvalue weighted by Crippen LogP contribution is 2.65. The summed E-state index contributed by atoms with van der Waals surface area (Å²) in [6.07, 6.45) is 7.03. The molecule has 9 aromatic rings. The van der Waals surface area contributed by atoms with Gasteiger partial charge in [0.05, 0.1) is 5.41 Å². The van der Waals surface area contributed by atoms with E-state index in [4.69, 9.17) is 0 Å². The molecular formula is C68H56N2. The van der Waals surface area contributed by atoms with Crippen LogP contribution in [-0.2, 0) is 10.8 Å². The maximum Gasteiger partial charge on any atom is 0.0727 e. The fourth-order valence-electron chi connectivity index (χ4n) is 15.7. The Balaban J connectivity index is 0.973. The van der Waals surface area contributed by atoms with Crippen LogP contribution in [0, 0.1) is 23.7 Å². The van der Waals surface area contributed by atoms with Gasteiger partial charge in [0.2, 0.25) is 0 Å². The molecule has 1 spiro atoms. The van der Waals surface area contributed by atoms with Crippen molar-refractivity contribution in [2.45, 2.75) is 62.7 Å². The molecule has 16 rings (SSSR count). The zero-order valence-electron chi connectivity index (χ0n) is 40.0. The molecule has 7 aliphatic carbocycles. The van der Waals surface area contributed by atoms with Crippen molar-refractivity contribution in [2.24, 2.45) is 23.7 Å².